The summed E-state index contributed by atoms with van der Waals surface area (Å²) in [4.78, 5) is 2.59. The minimum absolute atomic E-state index is 0.213. The van der Waals surface area contributed by atoms with Crippen LogP contribution in [0.4, 0.5) is 0 Å². The maximum absolute atomic E-state index is 10.7. The molecular weight excluding hydrogens is 360 g/mol. The number of aliphatic hydroxyl groups is 2. The van der Waals surface area contributed by atoms with Crippen molar-refractivity contribution >= 4 is 11.3 Å². The van der Waals surface area contributed by atoms with Gasteiger partial charge in [-0.3, -0.25) is 0 Å². The first-order valence-corrected chi connectivity index (χ1v) is 10.2. The van der Waals surface area contributed by atoms with Gasteiger partial charge in [-0.2, -0.15) is 0 Å². The molecule has 1 aromatic heterocycles. The number of aliphatic hydroxyl groups excluding tert-OH is 2. The van der Waals surface area contributed by atoms with Crippen molar-refractivity contribution < 1.29 is 19.7 Å². The van der Waals surface area contributed by atoms with E-state index in [9.17, 15) is 10.2 Å². The molecule has 3 heterocycles. The molecule has 2 aromatic rings. The van der Waals surface area contributed by atoms with Gasteiger partial charge in [-0.15, -0.1) is 17.8 Å². The van der Waals surface area contributed by atoms with Crippen LogP contribution < -0.4 is 0 Å². The third kappa shape index (κ3) is 3.12. The molecule has 0 bridgehead atoms. The van der Waals surface area contributed by atoms with Gasteiger partial charge < -0.3 is 19.7 Å². The average Bonchev–Trinajstić information content (AvgIpc) is 3.24. The summed E-state index contributed by atoms with van der Waals surface area (Å²) < 4.78 is 12.0. The van der Waals surface area contributed by atoms with E-state index in [1.165, 1.54) is 9.75 Å². The molecule has 2 aliphatic heterocycles. The Bertz CT molecular complexity index is 896. The number of terminal acetylenes is 1. The van der Waals surface area contributed by atoms with E-state index in [-0.39, 0.29) is 6.10 Å². The average molecular weight is 384 g/mol. The van der Waals surface area contributed by atoms with Crippen LogP contribution in [0, 0.1) is 12.3 Å². The number of hydrogen-bond donors (Lipinski definition) is 2. The zero-order valence-electron chi connectivity index (χ0n) is 15.6. The molecule has 1 aromatic carbocycles. The van der Waals surface area contributed by atoms with Crippen LogP contribution in [0.2, 0.25) is 0 Å². The van der Waals surface area contributed by atoms with Crippen molar-refractivity contribution in [2.45, 2.75) is 63.8 Å². The van der Waals surface area contributed by atoms with Gasteiger partial charge in [0.25, 0.3) is 0 Å². The van der Waals surface area contributed by atoms with E-state index in [1.807, 2.05) is 19.1 Å². The van der Waals surface area contributed by atoms with E-state index in [0.29, 0.717) is 13.0 Å². The van der Waals surface area contributed by atoms with E-state index < -0.39 is 18.0 Å². The number of benzene rings is 1. The Kier molecular flexibility index (Phi) is 4.87. The zero-order valence-corrected chi connectivity index (χ0v) is 16.4. The van der Waals surface area contributed by atoms with Gasteiger partial charge in [0.15, 0.2) is 0 Å². The molecule has 1 spiro atoms. The molecule has 1 saturated heterocycles. The number of thiophene rings is 1. The fourth-order valence-corrected chi connectivity index (χ4v) is 5.03. The van der Waals surface area contributed by atoms with E-state index in [2.05, 4.69) is 25.0 Å². The summed E-state index contributed by atoms with van der Waals surface area (Å²) in [5.41, 5.74) is 3.53. The predicted molar refractivity (Wildman–Crippen MR) is 105 cm³/mol. The summed E-state index contributed by atoms with van der Waals surface area (Å²) in [6, 6.07) is 8.24. The highest BCUT2D eigenvalue weighted by Crippen LogP contribution is 2.46. The summed E-state index contributed by atoms with van der Waals surface area (Å²) in [5.74, 6) is 1.46. The number of aryl methyl sites for hydroxylation is 1. The quantitative estimate of drug-likeness (QED) is 0.799. The van der Waals surface area contributed by atoms with Gasteiger partial charge in [0.1, 0.15) is 6.10 Å². The van der Waals surface area contributed by atoms with E-state index >= 15 is 0 Å². The van der Waals surface area contributed by atoms with Crippen molar-refractivity contribution in [3.63, 3.8) is 0 Å². The summed E-state index contributed by atoms with van der Waals surface area (Å²) in [6.07, 6.45) is 5.65. The molecule has 2 unspecified atom stereocenters. The lowest BCUT2D eigenvalue weighted by molar-refractivity contribution is -0.342. The van der Waals surface area contributed by atoms with Crippen molar-refractivity contribution in [1.82, 2.24) is 0 Å². The normalized spacial score (nSPS) is 29.7. The van der Waals surface area contributed by atoms with Crippen LogP contribution in [0.25, 0.3) is 0 Å². The lowest BCUT2D eigenvalue weighted by Crippen LogP contribution is -2.55. The third-order valence-electron chi connectivity index (χ3n) is 5.44. The molecule has 0 aliphatic carbocycles. The van der Waals surface area contributed by atoms with Crippen LogP contribution >= 0.6 is 11.3 Å². The molecule has 27 heavy (non-hydrogen) atoms. The van der Waals surface area contributed by atoms with Gasteiger partial charge in [0, 0.05) is 33.7 Å². The maximum atomic E-state index is 10.7. The van der Waals surface area contributed by atoms with E-state index in [4.69, 9.17) is 15.9 Å². The largest absolute Gasteiger partial charge is 0.390 e. The molecule has 2 N–H and O–H groups in total. The molecule has 0 amide bonds. The molecule has 4 atom stereocenters. The van der Waals surface area contributed by atoms with Crippen LogP contribution in [0.1, 0.15) is 52.3 Å². The number of hydrogen-bond acceptors (Lipinski definition) is 5. The summed E-state index contributed by atoms with van der Waals surface area (Å²) >= 11 is 1.79. The van der Waals surface area contributed by atoms with E-state index in [0.717, 1.165) is 35.1 Å². The van der Waals surface area contributed by atoms with Gasteiger partial charge in [0.05, 0.1) is 18.8 Å². The van der Waals surface area contributed by atoms with Gasteiger partial charge in [-0.25, -0.2) is 0 Å². The smallest absolute Gasteiger partial charge is 0.225 e. The fourth-order valence-electron chi connectivity index (χ4n) is 4.05. The predicted octanol–water partition coefficient (Wildman–Crippen LogP) is 3.10. The first-order valence-electron chi connectivity index (χ1n) is 9.35. The van der Waals surface area contributed by atoms with Crippen molar-refractivity contribution in [2.75, 3.05) is 0 Å². The van der Waals surface area contributed by atoms with E-state index in [1.54, 1.807) is 11.3 Å². The molecular formula is C22H24O4S. The minimum Gasteiger partial charge on any atom is -0.390 e. The van der Waals surface area contributed by atoms with Gasteiger partial charge in [0.2, 0.25) is 5.79 Å². The first kappa shape index (κ1) is 18.7. The molecule has 2 aliphatic rings. The number of fused-ring (bicyclic) bond motifs is 2. The second-order valence-electron chi connectivity index (χ2n) is 7.34. The number of ether oxygens (including phenoxy) is 2. The Morgan fingerprint density at radius 2 is 2.07 bits per heavy atom. The molecule has 4 rings (SSSR count). The lowest BCUT2D eigenvalue weighted by atomic mass is 9.87. The maximum Gasteiger partial charge on any atom is 0.225 e. The SMILES string of the molecule is C#Cc1cc2c(cc1Cc1ccc(CC)s1)[C@]1(OC2)OC(C)CC(O)[C@H]1O. The topological polar surface area (TPSA) is 58.9 Å². The van der Waals surface area contributed by atoms with Crippen molar-refractivity contribution in [3.05, 3.63) is 56.3 Å². The second kappa shape index (κ2) is 7.05. The Balaban J connectivity index is 1.76. The molecule has 0 saturated carbocycles. The Labute approximate surface area is 163 Å². The van der Waals surface area contributed by atoms with Gasteiger partial charge in [-0.05, 0) is 48.7 Å². The van der Waals surface area contributed by atoms with Crippen LogP contribution in [0.5, 0.6) is 0 Å². The zero-order chi connectivity index (χ0) is 19.2. The molecule has 0 radical (unpaired) electrons. The standard InChI is InChI=1S/C22H24O4S/c1-4-14-9-16-12-25-22(21(24)20(23)8-13(3)26-22)19(16)11-15(14)10-18-7-6-17(5-2)27-18/h1,6-7,9,11,13,20-21,23-24H,5,8,10,12H2,2-3H3/t13?,20?,21-,22+/m1/s1. The fraction of sp³-hybridized carbons (Fsp3) is 0.455. The van der Waals surface area contributed by atoms with Crippen LogP contribution in [0.15, 0.2) is 24.3 Å². The third-order valence-corrected chi connectivity index (χ3v) is 6.67. The Morgan fingerprint density at radius 1 is 1.30 bits per heavy atom. The second-order valence-corrected chi connectivity index (χ2v) is 8.59. The minimum atomic E-state index is -1.32. The summed E-state index contributed by atoms with van der Waals surface area (Å²) in [5, 5.41) is 21.0. The van der Waals surface area contributed by atoms with Gasteiger partial charge in [-0.1, -0.05) is 12.8 Å². The van der Waals surface area contributed by atoms with Crippen LogP contribution in [-0.4, -0.2) is 28.5 Å². The summed E-state index contributed by atoms with van der Waals surface area (Å²) in [7, 11) is 0. The lowest BCUT2D eigenvalue weighted by Gasteiger charge is -2.43. The Morgan fingerprint density at radius 3 is 2.78 bits per heavy atom. The molecule has 4 nitrogen and oxygen atoms in total. The highest BCUT2D eigenvalue weighted by atomic mass is 32.1. The van der Waals surface area contributed by atoms with Crippen molar-refractivity contribution in [2.24, 2.45) is 0 Å². The molecule has 142 valence electrons. The van der Waals surface area contributed by atoms with Gasteiger partial charge >= 0.3 is 0 Å². The summed E-state index contributed by atoms with van der Waals surface area (Å²) in [6.45, 7) is 4.33. The van der Waals surface area contributed by atoms with Crippen molar-refractivity contribution in [1.29, 1.82) is 0 Å². The van der Waals surface area contributed by atoms with Crippen LogP contribution in [0.3, 0.4) is 0 Å². The monoisotopic (exact) mass is 384 g/mol. The first-order chi connectivity index (χ1) is 13.0. The molecule has 5 heteroatoms. The highest BCUT2D eigenvalue weighted by molar-refractivity contribution is 7.12. The highest BCUT2D eigenvalue weighted by Gasteiger charge is 2.54. The van der Waals surface area contributed by atoms with Crippen molar-refractivity contribution in [3.8, 4) is 12.3 Å². The van der Waals surface area contributed by atoms with Crippen LogP contribution in [-0.2, 0) is 34.7 Å². The number of rotatable bonds is 3. The molecule has 1 fully saturated rings. The Hall–Kier alpha value is -1.68.